The molecule has 1 aromatic heterocycles. The summed E-state index contributed by atoms with van der Waals surface area (Å²) in [5.41, 5.74) is 4.74. The molecule has 0 atom stereocenters. The number of rotatable bonds is 3. The Kier molecular flexibility index (Phi) is 4.24. The average Bonchev–Trinajstić information content (AvgIpc) is 2.64. The third-order valence-corrected chi connectivity index (χ3v) is 4.65. The van der Waals surface area contributed by atoms with Gasteiger partial charge in [0, 0.05) is 23.8 Å². The third-order valence-electron chi connectivity index (χ3n) is 4.41. The van der Waals surface area contributed by atoms with Gasteiger partial charge in [-0.3, -0.25) is 0 Å². The number of halogens is 1. The molecule has 0 fully saturated rings. The minimum atomic E-state index is 0.645. The van der Waals surface area contributed by atoms with Crippen LogP contribution in [0.2, 0.25) is 5.02 Å². The van der Waals surface area contributed by atoms with Gasteiger partial charge in [-0.2, -0.15) is 10.1 Å². The zero-order valence-electron chi connectivity index (χ0n) is 13.9. The van der Waals surface area contributed by atoms with Crippen LogP contribution < -0.4 is 10.2 Å². The second kappa shape index (κ2) is 6.69. The molecule has 1 aliphatic heterocycles. The largest absolute Gasteiger partial charge is 0.339 e. The molecule has 0 bridgehead atoms. The van der Waals surface area contributed by atoms with E-state index >= 15 is 0 Å². The van der Waals surface area contributed by atoms with E-state index < -0.39 is 0 Å². The minimum Gasteiger partial charge on any atom is -0.339 e. The van der Waals surface area contributed by atoms with E-state index in [1.165, 1.54) is 11.1 Å². The molecule has 2 aromatic carbocycles. The van der Waals surface area contributed by atoms with E-state index in [2.05, 4.69) is 49.7 Å². The zero-order chi connectivity index (χ0) is 17.2. The lowest BCUT2D eigenvalue weighted by atomic mass is 10.0. The maximum Gasteiger partial charge on any atom is 0.247 e. The van der Waals surface area contributed by atoms with Crippen molar-refractivity contribution in [3.63, 3.8) is 0 Å². The van der Waals surface area contributed by atoms with Crippen molar-refractivity contribution in [1.29, 1.82) is 0 Å². The Morgan fingerprint density at radius 2 is 1.96 bits per heavy atom. The van der Waals surface area contributed by atoms with Gasteiger partial charge in [-0.05, 0) is 48.2 Å². The van der Waals surface area contributed by atoms with Crippen molar-refractivity contribution in [2.75, 3.05) is 16.8 Å². The molecule has 4 rings (SSSR count). The number of hydrogen-bond donors (Lipinski definition) is 1. The Morgan fingerprint density at radius 3 is 2.80 bits per heavy atom. The zero-order valence-corrected chi connectivity index (χ0v) is 14.7. The number of nitrogens with zero attached hydrogens (tertiary/aromatic N) is 4. The topological polar surface area (TPSA) is 53.9 Å². The maximum atomic E-state index is 6.02. The molecule has 0 amide bonds. The average molecular weight is 352 g/mol. The van der Waals surface area contributed by atoms with Crippen molar-refractivity contribution < 1.29 is 0 Å². The molecule has 25 heavy (non-hydrogen) atoms. The van der Waals surface area contributed by atoms with Crippen molar-refractivity contribution in [2.24, 2.45) is 0 Å². The van der Waals surface area contributed by atoms with E-state index in [-0.39, 0.29) is 0 Å². The first-order valence-electron chi connectivity index (χ1n) is 8.24. The van der Waals surface area contributed by atoms with Crippen LogP contribution in [0.4, 0.5) is 17.5 Å². The monoisotopic (exact) mass is 351 g/mol. The first-order valence-corrected chi connectivity index (χ1v) is 8.61. The van der Waals surface area contributed by atoms with Crippen molar-refractivity contribution in [3.05, 3.63) is 70.4 Å². The first-order chi connectivity index (χ1) is 12.2. The smallest absolute Gasteiger partial charge is 0.247 e. The van der Waals surface area contributed by atoms with Gasteiger partial charge in [0.05, 0.1) is 6.20 Å². The summed E-state index contributed by atoms with van der Waals surface area (Å²) in [6.45, 7) is 3.70. The lowest BCUT2D eigenvalue weighted by Crippen LogP contribution is -2.32. The molecule has 1 N–H and O–H groups in total. The molecule has 0 spiro atoms. The SMILES string of the molecule is Cc1cc(Cl)ccc1Nc1cnnc(N2CCc3ccccc3C2)n1. The van der Waals surface area contributed by atoms with E-state index in [1.54, 1.807) is 6.20 Å². The van der Waals surface area contributed by atoms with E-state index in [4.69, 9.17) is 11.6 Å². The molecule has 0 radical (unpaired) electrons. The third kappa shape index (κ3) is 3.42. The van der Waals surface area contributed by atoms with Crippen LogP contribution >= 0.6 is 11.6 Å². The molecule has 0 unspecified atom stereocenters. The fraction of sp³-hybridized carbons (Fsp3) is 0.211. The van der Waals surface area contributed by atoms with E-state index in [9.17, 15) is 0 Å². The van der Waals surface area contributed by atoms with Crippen LogP contribution in [0.25, 0.3) is 0 Å². The van der Waals surface area contributed by atoms with E-state index in [0.717, 1.165) is 35.8 Å². The van der Waals surface area contributed by atoms with Gasteiger partial charge < -0.3 is 10.2 Å². The van der Waals surface area contributed by atoms with Gasteiger partial charge in [-0.25, -0.2) is 0 Å². The first kappa shape index (κ1) is 15.8. The predicted molar refractivity (Wildman–Crippen MR) is 100 cm³/mol. The number of anilines is 3. The summed E-state index contributed by atoms with van der Waals surface area (Å²) < 4.78 is 0. The lowest BCUT2D eigenvalue weighted by molar-refractivity contribution is 0.698. The van der Waals surface area contributed by atoms with Gasteiger partial charge in [0.2, 0.25) is 5.95 Å². The summed E-state index contributed by atoms with van der Waals surface area (Å²) >= 11 is 6.02. The number of benzene rings is 2. The summed E-state index contributed by atoms with van der Waals surface area (Å²) in [5, 5.41) is 12.4. The maximum absolute atomic E-state index is 6.02. The second-order valence-corrected chi connectivity index (χ2v) is 6.60. The fourth-order valence-electron chi connectivity index (χ4n) is 3.06. The molecule has 126 valence electrons. The van der Waals surface area contributed by atoms with Crippen LogP contribution in [0.3, 0.4) is 0 Å². The molecule has 3 aromatic rings. The van der Waals surface area contributed by atoms with Gasteiger partial charge in [0.25, 0.3) is 0 Å². The standard InChI is InChI=1S/C19H18ClN5/c1-13-10-16(20)6-7-17(13)22-18-11-21-24-19(23-18)25-9-8-14-4-2-3-5-15(14)12-25/h2-7,10-11H,8-9,12H2,1H3,(H,22,23,24). The highest BCUT2D eigenvalue weighted by Crippen LogP contribution is 2.25. The van der Waals surface area contributed by atoms with Crippen LogP contribution in [0, 0.1) is 6.92 Å². The summed E-state index contributed by atoms with van der Waals surface area (Å²) in [4.78, 5) is 6.80. The van der Waals surface area contributed by atoms with Crippen LogP contribution in [0.1, 0.15) is 16.7 Å². The Labute approximate surface area is 151 Å². The number of fused-ring (bicyclic) bond motifs is 1. The number of hydrogen-bond acceptors (Lipinski definition) is 5. The van der Waals surface area contributed by atoms with Crippen molar-refractivity contribution in [1.82, 2.24) is 15.2 Å². The van der Waals surface area contributed by atoms with Gasteiger partial charge in [0.15, 0.2) is 5.82 Å². The summed E-state index contributed by atoms with van der Waals surface area (Å²) in [6.07, 6.45) is 2.63. The highest BCUT2D eigenvalue weighted by Gasteiger charge is 2.18. The molecule has 2 heterocycles. The highest BCUT2D eigenvalue weighted by atomic mass is 35.5. The van der Waals surface area contributed by atoms with Crippen LogP contribution in [-0.4, -0.2) is 21.7 Å². The van der Waals surface area contributed by atoms with E-state index in [1.807, 2.05) is 25.1 Å². The summed E-state index contributed by atoms with van der Waals surface area (Å²) in [7, 11) is 0. The number of nitrogens with one attached hydrogen (secondary N) is 1. The minimum absolute atomic E-state index is 0.645. The van der Waals surface area contributed by atoms with Gasteiger partial charge in [0.1, 0.15) is 0 Å². The molecule has 0 saturated heterocycles. The molecule has 0 aliphatic carbocycles. The molecule has 0 saturated carbocycles. The molecule has 5 nitrogen and oxygen atoms in total. The van der Waals surface area contributed by atoms with Crippen LogP contribution in [0.5, 0.6) is 0 Å². The Hall–Kier alpha value is -2.66. The van der Waals surface area contributed by atoms with Crippen molar-refractivity contribution >= 4 is 29.1 Å². The fourth-order valence-corrected chi connectivity index (χ4v) is 3.29. The predicted octanol–water partition coefficient (Wildman–Crippen LogP) is 4.14. The molecular weight excluding hydrogens is 334 g/mol. The van der Waals surface area contributed by atoms with Crippen LogP contribution in [0.15, 0.2) is 48.7 Å². The highest BCUT2D eigenvalue weighted by molar-refractivity contribution is 6.30. The van der Waals surface area contributed by atoms with Gasteiger partial charge in [-0.15, -0.1) is 5.10 Å². The van der Waals surface area contributed by atoms with Crippen LogP contribution in [-0.2, 0) is 13.0 Å². The summed E-state index contributed by atoms with van der Waals surface area (Å²) in [5.74, 6) is 1.32. The second-order valence-electron chi connectivity index (χ2n) is 6.17. The lowest BCUT2D eigenvalue weighted by Gasteiger charge is -2.28. The quantitative estimate of drug-likeness (QED) is 0.768. The molecule has 6 heteroatoms. The Morgan fingerprint density at radius 1 is 1.12 bits per heavy atom. The van der Waals surface area contributed by atoms with Crippen molar-refractivity contribution in [3.8, 4) is 0 Å². The van der Waals surface area contributed by atoms with Gasteiger partial charge >= 0.3 is 0 Å². The molecule has 1 aliphatic rings. The normalized spacial score (nSPS) is 13.4. The van der Waals surface area contributed by atoms with Gasteiger partial charge in [-0.1, -0.05) is 35.9 Å². The summed E-state index contributed by atoms with van der Waals surface area (Å²) in [6, 6.07) is 14.2. The van der Waals surface area contributed by atoms with E-state index in [0.29, 0.717) is 11.8 Å². The Bertz CT molecular complexity index is 912. The number of aromatic nitrogens is 3. The van der Waals surface area contributed by atoms with Crippen molar-refractivity contribution in [2.45, 2.75) is 19.9 Å². The Balaban J connectivity index is 1.56. The molecular formula is C19H18ClN5. The number of aryl methyl sites for hydroxylation is 1.